The minimum atomic E-state index is -0.228. The first kappa shape index (κ1) is 16.6. The van der Waals surface area contributed by atoms with Gasteiger partial charge in [-0.15, -0.1) is 0 Å². The van der Waals surface area contributed by atoms with Gasteiger partial charge in [0.25, 0.3) is 0 Å². The van der Waals surface area contributed by atoms with Gasteiger partial charge in [-0.25, -0.2) is 0 Å². The Kier molecular flexibility index (Phi) is 5.18. The third-order valence-corrected chi connectivity index (χ3v) is 3.96. The predicted octanol–water partition coefficient (Wildman–Crippen LogP) is 6.01. The largest absolute Gasteiger partial charge is 0.457 e. The summed E-state index contributed by atoms with van der Waals surface area (Å²) < 4.78 is 6.62. The number of rotatable bonds is 4. The molecule has 3 nitrogen and oxygen atoms in total. The Morgan fingerprint density at radius 3 is 2.71 bits per heavy atom. The highest BCUT2D eigenvalue weighted by atomic mass is 79.9. The number of halogens is 2. The number of amides is 1. The molecule has 0 fully saturated rings. The van der Waals surface area contributed by atoms with Crippen LogP contribution in [0.3, 0.4) is 0 Å². The Morgan fingerprint density at radius 1 is 1.08 bits per heavy atom. The van der Waals surface area contributed by atoms with Crippen LogP contribution in [0.25, 0.3) is 17.4 Å². The number of carbonyl (C=O) groups is 1. The first-order valence-corrected chi connectivity index (χ1v) is 8.38. The Balaban J connectivity index is 1.68. The van der Waals surface area contributed by atoms with Gasteiger partial charge in [0, 0.05) is 26.8 Å². The summed E-state index contributed by atoms with van der Waals surface area (Å²) in [7, 11) is 0. The fourth-order valence-corrected chi connectivity index (χ4v) is 2.74. The average Bonchev–Trinajstić information content (AvgIpc) is 3.02. The van der Waals surface area contributed by atoms with E-state index >= 15 is 0 Å². The van der Waals surface area contributed by atoms with E-state index in [0.29, 0.717) is 16.5 Å². The van der Waals surface area contributed by atoms with Crippen LogP contribution in [0.1, 0.15) is 5.76 Å². The second-order valence-electron chi connectivity index (χ2n) is 5.05. The zero-order chi connectivity index (χ0) is 16.9. The Bertz CT molecular complexity index is 902. The van der Waals surface area contributed by atoms with Gasteiger partial charge in [-0.1, -0.05) is 45.7 Å². The molecule has 5 heteroatoms. The van der Waals surface area contributed by atoms with Crippen LogP contribution >= 0.6 is 27.5 Å². The summed E-state index contributed by atoms with van der Waals surface area (Å²) in [6.07, 6.45) is 3.06. The molecule has 3 rings (SSSR count). The van der Waals surface area contributed by atoms with Crippen molar-refractivity contribution in [2.75, 3.05) is 5.32 Å². The monoisotopic (exact) mass is 401 g/mol. The third kappa shape index (κ3) is 4.37. The molecule has 0 aliphatic rings. The molecule has 1 amide bonds. The van der Waals surface area contributed by atoms with E-state index in [9.17, 15) is 4.79 Å². The first-order chi connectivity index (χ1) is 11.6. The fraction of sp³-hybridized carbons (Fsp3) is 0. The van der Waals surface area contributed by atoms with Crippen molar-refractivity contribution in [3.8, 4) is 11.3 Å². The lowest BCUT2D eigenvalue weighted by Gasteiger charge is -2.01. The van der Waals surface area contributed by atoms with Gasteiger partial charge in [0.1, 0.15) is 11.5 Å². The van der Waals surface area contributed by atoms with Gasteiger partial charge in [-0.2, -0.15) is 0 Å². The number of hydrogen-bond acceptors (Lipinski definition) is 2. The van der Waals surface area contributed by atoms with Gasteiger partial charge in [-0.3, -0.25) is 4.79 Å². The van der Waals surface area contributed by atoms with Crippen LogP contribution in [0.5, 0.6) is 0 Å². The summed E-state index contributed by atoms with van der Waals surface area (Å²) in [5, 5.41) is 3.43. The molecule has 0 radical (unpaired) electrons. The van der Waals surface area contributed by atoms with Gasteiger partial charge in [0.05, 0.1) is 0 Å². The van der Waals surface area contributed by atoms with Crippen LogP contribution < -0.4 is 5.32 Å². The van der Waals surface area contributed by atoms with E-state index < -0.39 is 0 Å². The lowest BCUT2D eigenvalue weighted by atomic mass is 10.2. The van der Waals surface area contributed by atoms with Gasteiger partial charge in [0.2, 0.25) is 5.91 Å². The molecule has 1 N–H and O–H groups in total. The minimum absolute atomic E-state index is 0.228. The van der Waals surface area contributed by atoms with Crippen LogP contribution in [0.4, 0.5) is 5.69 Å². The molecule has 24 heavy (non-hydrogen) atoms. The standard InChI is InChI=1S/C19H13BrClNO2/c20-14-4-2-6-16(12-14)22-19(23)10-8-17-7-9-18(24-17)13-3-1-5-15(21)11-13/h1-12H,(H,22,23)/b10-8+. The maximum absolute atomic E-state index is 11.9. The maximum Gasteiger partial charge on any atom is 0.248 e. The summed E-state index contributed by atoms with van der Waals surface area (Å²) in [6.45, 7) is 0. The van der Waals surface area contributed by atoms with Crippen molar-refractivity contribution in [2.45, 2.75) is 0 Å². The third-order valence-electron chi connectivity index (χ3n) is 3.23. The van der Waals surface area contributed by atoms with Crippen LogP contribution in [0.15, 0.2) is 75.6 Å². The Labute approximate surface area is 153 Å². The molecule has 0 unspecified atom stereocenters. The van der Waals surface area contributed by atoms with Crippen molar-refractivity contribution in [3.63, 3.8) is 0 Å². The van der Waals surface area contributed by atoms with E-state index in [1.165, 1.54) is 6.08 Å². The van der Waals surface area contributed by atoms with Crippen LogP contribution in [-0.2, 0) is 4.79 Å². The fourth-order valence-electron chi connectivity index (χ4n) is 2.15. The number of benzene rings is 2. The summed E-state index contributed by atoms with van der Waals surface area (Å²) in [5.41, 5.74) is 1.61. The normalized spacial score (nSPS) is 10.9. The second-order valence-corrected chi connectivity index (χ2v) is 6.40. The second kappa shape index (κ2) is 7.51. The summed E-state index contributed by atoms with van der Waals surface area (Å²) >= 11 is 9.34. The van der Waals surface area contributed by atoms with Crippen molar-refractivity contribution >= 4 is 45.2 Å². The van der Waals surface area contributed by atoms with E-state index in [1.54, 1.807) is 18.2 Å². The summed E-state index contributed by atoms with van der Waals surface area (Å²) in [4.78, 5) is 11.9. The lowest BCUT2D eigenvalue weighted by molar-refractivity contribution is -0.111. The molecule has 0 saturated heterocycles. The number of anilines is 1. The quantitative estimate of drug-likeness (QED) is 0.543. The molecular formula is C19H13BrClNO2. The van der Waals surface area contributed by atoms with Crippen molar-refractivity contribution in [2.24, 2.45) is 0 Å². The van der Waals surface area contributed by atoms with Crippen molar-refractivity contribution in [3.05, 3.63) is 82.0 Å². The molecule has 120 valence electrons. The van der Waals surface area contributed by atoms with Gasteiger partial charge >= 0.3 is 0 Å². The van der Waals surface area contributed by atoms with E-state index in [-0.39, 0.29) is 5.91 Å². The molecule has 1 aromatic heterocycles. The maximum atomic E-state index is 11.9. The average molecular weight is 403 g/mol. The predicted molar refractivity (Wildman–Crippen MR) is 101 cm³/mol. The molecule has 3 aromatic rings. The van der Waals surface area contributed by atoms with Crippen LogP contribution in [0.2, 0.25) is 5.02 Å². The van der Waals surface area contributed by atoms with Crippen molar-refractivity contribution in [1.82, 2.24) is 0 Å². The zero-order valence-corrected chi connectivity index (χ0v) is 14.8. The van der Waals surface area contributed by atoms with Crippen molar-refractivity contribution in [1.29, 1.82) is 0 Å². The number of carbonyl (C=O) groups excluding carboxylic acids is 1. The van der Waals surface area contributed by atoms with E-state index in [1.807, 2.05) is 48.5 Å². The summed E-state index contributed by atoms with van der Waals surface area (Å²) in [6, 6.07) is 18.5. The number of furan rings is 1. The highest BCUT2D eigenvalue weighted by Crippen LogP contribution is 2.25. The van der Waals surface area contributed by atoms with Gasteiger partial charge in [-0.05, 0) is 48.5 Å². The van der Waals surface area contributed by atoms with Gasteiger partial charge in [0.15, 0.2) is 0 Å². The highest BCUT2D eigenvalue weighted by Gasteiger charge is 2.04. The van der Waals surface area contributed by atoms with E-state index in [2.05, 4.69) is 21.2 Å². The smallest absolute Gasteiger partial charge is 0.248 e. The van der Waals surface area contributed by atoms with E-state index in [0.717, 1.165) is 15.7 Å². The zero-order valence-electron chi connectivity index (χ0n) is 12.5. The van der Waals surface area contributed by atoms with Crippen LogP contribution in [-0.4, -0.2) is 5.91 Å². The van der Waals surface area contributed by atoms with E-state index in [4.69, 9.17) is 16.0 Å². The molecule has 1 heterocycles. The molecule has 0 bridgehead atoms. The molecular weight excluding hydrogens is 390 g/mol. The molecule has 0 atom stereocenters. The Hall–Kier alpha value is -2.30. The molecule has 2 aromatic carbocycles. The van der Waals surface area contributed by atoms with Gasteiger partial charge < -0.3 is 9.73 Å². The first-order valence-electron chi connectivity index (χ1n) is 7.20. The summed E-state index contributed by atoms with van der Waals surface area (Å²) in [5.74, 6) is 1.06. The molecule has 0 saturated carbocycles. The number of nitrogens with one attached hydrogen (secondary N) is 1. The molecule has 0 aliphatic heterocycles. The molecule has 0 aliphatic carbocycles. The molecule has 0 spiro atoms. The highest BCUT2D eigenvalue weighted by molar-refractivity contribution is 9.10. The number of hydrogen-bond donors (Lipinski definition) is 1. The van der Waals surface area contributed by atoms with Crippen molar-refractivity contribution < 1.29 is 9.21 Å². The minimum Gasteiger partial charge on any atom is -0.457 e. The SMILES string of the molecule is O=C(/C=C/c1ccc(-c2cccc(Cl)c2)o1)Nc1cccc(Br)c1. The topological polar surface area (TPSA) is 42.2 Å². The lowest BCUT2D eigenvalue weighted by Crippen LogP contribution is -2.07. The van der Waals surface area contributed by atoms with Crippen LogP contribution in [0, 0.1) is 0 Å². The Morgan fingerprint density at radius 2 is 1.92 bits per heavy atom.